The molecule has 1 amide bonds. The van der Waals surface area contributed by atoms with E-state index in [1.165, 1.54) is 22.8 Å². The van der Waals surface area contributed by atoms with Crippen molar-refractivity contribution < 1.29 is 18.7 Å². The highest BCUT2D eigenvalue weighted by molar-refractivity contribution is 5.95. The molecule has 1 aromatic carbocycles. The third-order valence-corrected chi connectivity index (χ3v) is 5.41. The molecule has 0 saturated heterocycles. The summed E-state index contributed by atoms with van der Waals surface area (Å²) in [7, 11) is 0. The van der Waals surface area contributed by atoms with Crippen LogP contribution in [0.4, 0.5) is 0 Å². The predicted octanol–water partition coefficient (Wildman–Crippen LogP) is 3.21. The van der Waals surface area contributed by atoms with Crippen molar-refractivity contribution in [2.24, 2.45) is 4.99 Å². The summed E-state index contributed by atoms with van der Waals surface area (Å²) in [6, 6.07) is 19.0. The van der Waals surface area contributed by atoms with Crippen molar-refractivity contribution in [3.8, 4) is 0 Å². The van der Waals surface area contributed by atoms with Gasteiger partial charge < -0.3 is 13.7 Å². The van der Waals surface area contributed by atoms with Gasteiger partial charge in [0.1, 0.15) is 16.9 Å². The smallest absolute Gasteiger partial charge is 0.341 e. The molecule has 174 valence electrons. The number of carbonyl (C=O) groups is 2. The second-order valence-electron chi connectivity index (χ2n) is 7.65. The Hall–Kier alpha value is -4.79. The molecule has 0 N–H and O–H groups in total. The molecule has 4 aromatic heterocycles. The lowest BCUT2D eigenvalue weighted by atomic mass is 10.1. The number of benzene rings is 1. The lowest BCUT2D eigenvalue weighted by Gasteiger charge is -2.15. The number of ether oxygens (including phenoxy) is 1. The van der Waals surface area contributed by atoms with Crippen LogP contribution in [-0.2, 0) is 11.3 Å². The number of hydrogen-bond donors (Lipinski definition) is 0. The molecule has 4 heterocycles. The van der Waals surface area contributed by atoms with Crippen LogP contribution in [0.2, 0.25) is 0 Å². The van der Waals surface area contributed by atoms with Crippen molar-refractivity contribution in [3.63, 3.8) is 0 Å². The molecule has 0 bridgehead atoms. The van der Waals surface area contributed by atoms with E-state index < -0.39 is 11.9 Å². The molecule has 9 nitrogen and oxygen atoms in total. The normalized spacial score (nSPS) is 11.7. The van der Waals surface area contributed by atoms with Crippen LogP contribution in [0.15, 0.2) is 93.4 Å². The zero-order chi connectivity index (χ0) is 24.4. The topological polar surface area (TPSA) is 108 Å². The average molecular weight is 468 g/mol. The fourth-order valence-corrected chi connectivity index (χ4v) is 3.82. The van der Waals surface area contributed by atoms with E-state index in [2.05, 4.69) is 4.99 Å². The van der Waals surface area contributed by atoms with Gasteiger partial charge in [0.25, 0.3) is 5.56 Å². The molecule has 35 heavy (non-hydrogen) atoms. The number of hydrogen-bond acceptors (Lipinski definition) is 6. The first kappa shape index (κ1) is 22.0. The third kappa shape index (κ3) is 4.15. The molecular formula is C26H20N4O5. The van der Waals surface area contributed by atoms with Crippen LogP contribution in [0.25, 0.3) is 16.7 Å². The summed E-state index contributed by atoms with van der Waals surface area (Å²) in [5, 5.41) is 0.192. The number of nitrogens with zero attached hydrogens (tertiary/aromatic N) is 4. The number of esters is 1. The summed E-state index contributed by atoms with van der Waals surface area (Å²) >= 11 is 0. The van der Waals surface area contributed by atoms with Gasteiger partial charge in [0, 0.05) is 6.20 Å². The molecule has 0 spiro atoms. The Morgan fingerprint density at radius 2 is 1.86 bits per heavy atom. The molecule has 0 saturated carbocycles. The SMILES string of the molecule is CCOC(=O)c1cc2c(=O)n3ccccc3nc2n(Cc2ccccc2)c1=NC(=O)c1ccco1. The Labute approximate surface area is 198 Å². The van der Waals surface area contributed by atoms with Gasteiger partial charge in [0.15, 0.2) is 11.2 Å². The minimum Gasteiger partial charge on any atom is -0.462 e. The number of fused-ring (bicyclic) bond motifs is 2. The van der Waals surface area contributed by atoms with Crippen molar-refractivity contribution in [2.45, 2.75) is 13.5 Å². The molecule has 0 aliphatic rings. The Bertz CT molecular complexity index is 1680. The van der Waals surface area contributed by atoms with E-state index in [0.29, 0.717) is 5.65 Å². The molecule has 0 unspecified atom stereocenters. The van der Waals surface area contributed by atoms with Crippen LogP contribution < -0.4 is 11.0 Å². The molecule has 0 fully saturated rings. The maximum absolute atomic E-state index is 13.4. The van der Waals surface area contributed by atoms with E-state index in [0.717, 1.165) is 5.56 Å². The highest BCUT2D eigenvalue weighted by Gasteiger charge is 2.21. The lowest BCUT2D eigenvalue weighted by molar-refractivity contribution is 0.0523. The van der Waals surface area contributed by atoms with Gasteiger partial charge in [0.05, 0.1) is 24.8 Å². The van der Waals surface area contributed by atoms with E-state index in [1.54, 1.807) is 42.0 Å². The largest absolute Gasteiger partial charge is 0.462 e. The number of carbonyl (C=O) groups excluding carboxylic acids is 2. The van der Waals surface area contributed by atoms with E-state index >= 15 is 0 Å². The Morgan fingerprint density at radius 1 is 1.06 bits per heavy atom. The van der Waals surface area contributed by atoms with E-state index in [4.69, 9.17) is 14.1 Å². The van der Waals surface area contributed by atoms with Gasteiger partial charge in [-0.05, 0) is 42.8 Å². The maximum atomic E-state index is 13.4. The van der Waals surface area contributed by atoms with Gasteiger partial charge in [-0.25, -0.2) is 9.78 Å². The number of amides is 1. The van der Waals surface area contributed by atoms with Crippen molar-refractivity contribution in [1.82, 2.24) is 14.0 Å². The summed E-state index contributed by atoms with van der Waals surface area (Å²) in [5.41, 5.74) is 1.19. The molecule has 0 radical (unpaired) electrons. The minimum atomic E-state index is -0.709. The maximum Gasteiger partial charge on any atom is 0.341 e. The lowest BCUT2D eigenvalue weighted by Crippen LogP contribution is -2.33. The summed E-state index contributed by atoms with van der Waals surface area (Å²) < 4.78 is 13.4. The van der Waals surface area contributed by atoms with Crippen molar-refractivity contribution >= 4 is 28.6 Å². The Balaban J connectivity index is 1.91. The van der Waals surface area contributed by atoms with Crippen LogP contribution in [0.1, 0.15) is 33.4 Å². The predicted molar refractivity (Wildman–Crippen MR) is 127 cm³/mol. The second kappa shape index (κ2) is 9.22. The second-order valence-corrected chi connectivity index (χ2v) is 7.65. The van der Waals surface area contributed by atoms with Crippen molar-refractivity contribution in [2.75, 3.05) is 6.61 Å². The van der Waals surface area contributed by atoms with Crippen LogP contribution in [-0.4, -0.2) is 32.4 Å². The standard InChI is InChI=1S/C26H20N4O5/c1-2-34-26(33)19-15-18-22(27-21-12-6-7-13-29(21)25(18)32)30(16-17-9-4-3-5-10-17)23(19)28-24(31)20-11-8-14-35-20/h3-15H,2,16H2,1H3. The fraction of sp³-hybridized carbons (Fsp3) is 0.115. The highest BCUT2D eigenvalue weighted by atomic mass is 16.5. The molecule has 9 heteroatoms. The first-order valence-electron chi connectivity index (χ1n) is 11.0. The third-order valence-electron chi connectivity index (χ3n) is 5.41. The van der Waals surface area contributed by atoms with E-state index in [-0.39, 0.29) is 46.6 Å². The molecule has 0 aliphatic heterocycles. The zero-order valence-electron chi connectivity index (χ0n) is 18.7. The molecule has 5 rings (SSSR count). The minimum absolute atomic E-state index is 0.0118. The first-order valence-corrected chi connectivity index (χ1v) is 11.0. The molecule has 0 aliphatic carbocycles. The van der Waals surface area contributed by atoms with Gasteiger partial charge in [-0.2, -0.15) is 4.99 Å². The van der Waals surface area contributed by atoms with Crippen LogP contribution >= 0.6 is 0 Å². The van der Waals surface area contributed by atoms with Crippen molar-refractivity contribution in [3.05, 3.63) is 112 Å². The first-order chi connectivity index (χ1) is 17.1. The van der Waals surface area contributed by atoms with Gasteiger partial charge >= 0.3 is 11.9 Å². The molecule has 5 aromatic rings. The number of rotatable bonds is 5. The van der Waals surface area contributed by atoms with Crippen LogP contribution in [0.3, 0.4) is 0 Å². The van der Waals surface area contributed by atoms with Gasteiger partial charge in [0.2, 0.25) is 0 Å². The Kier molecular flexibility index (Phi) is 5.80. The molecular weight excluding hydrogens is 448 g/mol. The number of pyridine rings is 2. The van der Waals surface area contributed by atoms with Crippen LogP contribution in [0.5, 0.6) is 0 Å². The molecule has 0 atom stereocenters. The summed E-state index contributed by atoms with van der Waals surface area (Å²) in [6.45, 7) is 1.98. The van der Waals surface area contributed by atoms with Gasteiger partial charge in [-0.3, -0.25) is 14.0 Å². The quantitative estimate of drug-likeness (QED) is 0.290. The van der Waals surface area contributed by atoms with Gasteiger partial charge in [-0.15, -0.1) is 0 Å². The summed E-state index contributed by atoms with van der Waals surface area (Å²) in [4.78, 5) is 48.2. The van der Waals surface area contributed by atoms with E-state index in [9.17, 15) is 14.4 Å². The summed E-state index contributed by atoms with van der Waals surface area (Å²) in [5.74, 6) is -1.38. The number of aromatic nitrogens is 3. The fourth-order valence-electron chi connectivity index (χ4n) is 3.82. The monoisotopic (exact) mass is 468 g/mol. The highest BCUT2D eigenvalue weighted by Crippen LogP contribution is 2.14. The Morgan fingerprint density at radius 3 is 2.60 bits per heavy atom. The zero-order valence-corrected chi connectivity index (χ0v) is 18.7. The van der Waals surface area contributed by atoms with Crippen molar-refractivity contribution in [1.29, 1.82) is 0 Å². The van der Waals surface area contributed by atoms with E-state index in [1.807, 2.05) is 30.3 Å². The van der Waals surface area contributed by atoms with Gasteiger partial charge in [-0.1, -0.05) is 36.4 Å². The average Bonchev–Trinajstić information content (AvgIpc) is 3.42. The van der Waals surface area contributed by atoms with Crippen LogP contribution in [0, 0.1) is 0 Å². The summed E-state index contributed by atoms with van der Waals surface area (Å²) in [6.07, 6.45) is 2.97. The number of furan rings is 1.